The van der Waals surface area contributed by atoms with Crippen molar-refractivity contribution in [3.63, 3.8) is 0 Å². The van der Waals surface area contributed by atoms with Crippen molar-refractivity contribution in [2.24, 2.45) is 0 Å². The number of aromatic nitrogens is 2. The van der Waals surface area contributed by atoms with E-state index in [1.165, 1.54) is 5.56 Å². The molecule has 4 nitrogen and oxygen atoms in total. The molecular weight excluding hydrogens is 358 g/mol. The lowest BCUT2D eigenvalue weighted by atomic mass is 9.92. The highest BCUT2D eigenvalue weighted by molar-refractivity contribution is 6.33. The Morgan fingerprint density at radius 1 is 1.11 bits per heavy atom. The lowest BCUT2D eigenvalue weighted by molar-refractivity contribution is 0.101. The maximum Gasteiger partial charge on any atom is 0.273 e. The van der Waals surface area contributed by atoms with E-state index >= 15 is 0 Å². The van der Waals surface area contributed by atoms with Crippen LogP contribution in [0.5, 0.6) is 0 Å². The number of amides is 1. The van der Waals surface area contributed by atoms with Crippen LogP contribution in [-0.2, 0) is 12.0 Å². The van der Waals surface area contributed by atoms with Gasteiger partial charge in [0.15, 0.2) is 0 Å². The van der Waals surface area contributed by atoms with Crippen LogP contribution in [0.15, 0.2) is 54.6 Å². The van der Waals surface area contributed by atoms with Crippen molar-refractivity contribution in [1.29, 1.82) is 0 Å². The van der Waals surface area contributed by atoms with Gasteiger partial charge >= 0.3 is 0 Å². The number of rotatable bonds is 4. The van der Waals surface area contributed by atoms with Gasteiger partial charge in [0, 0.05) is 5.41 Å². The minimum Gasteiger partial charge on any atom is -0.319 e. The van der Waals surface area contributed by atoms with Gasteiger partial charge in [0.05, 0.1) is 22.9 Å². The molecule has 0 saturated heterocycles. The van der Waals surface area contributed by atoms with Crippen molar-refractivity contribution < 1.29 is 4.79 Å². The fraction of sp³-hybridized carbons (Fsp3) is 0.273. The van der Waals surface area contributed by atoms with Gasteiger partial charge in [-0.1, -0.05) is 74.3 Å². The van der Waals surface area contributed by atoms with Crippen LogP contribution in [-0.4, -0.2) is 15.7 Å². The van der Waals surface area contributed by atoms with Crippen LogP contribution >= 0.6 is 11.6 Å². The van der Waals surface area contributed by atoms with Crippen LogP contribution in [0, 0.1) is 6.92 Å². The summed E-state index contributed by atoms with van der Waals surface area (Å²) >= 11 is 6.18. The molecule has 0 aliphatic heterocycles. The topological polar surface area (TPSA) is 46.9 Å². The van der Waals surface area contributed by atoms with Gasteiger partial charge in [0.2, 0.25) is 0 Å². The molecule has 5 heteroatoms. The van der Waals surface area contributed by atoms with Crippen molar-refractivity contribution in [2.75, 3.05) is 5.32 Å². The predicted molar refractivity (Wildman–Crippen MR) is 111 cm³/mol. The number of hydrogen-bond acceptors (Lipinski definition) is 2. The summed E-state index contributed by atoms with van der Waals surface area (Å²) in [4.78, 5) is 13.0. The molecule has 1 N–H and O–H groups in total. The minimum atomic E-state index is -0.223. The van der Waals surface area contributed by atoms with E-state index in [1.807, 2.05) is 30.3 Å². The van der Waals surface area contributed by atoms with Crippen LogP contribution < -0.4 is 5.32 Å². The molecule has 0 radical (unpaired) electrons. The molecule has 27 heavy (non-hydrogen) atoms. The Morgan fingerprint density at radius 3 is 2.52 bits per heavy atom. The molecule has 0 fully saturated rings. The van der Waals surface area contributed by atoms with Crippen molar-refractivity contribution in [1.82, 2.24) is 9.78 Å². The van der Waals surface area contributed by atoms with E-state index in [9.17, 15) is 4.79 Å². The first-order valence-corrected chi connectivity index (χ1v) is 9.31. The minimum absolute atomic E-state index is 0.155. The third kappa shape index (κ3) is 4.58. The zero-order chi connectivity index (χ0) is 19.6. The number of nitrogens with zero attached hydrogens (tertiary/aromatic N) is 2. The zero-order valence-electron chi connectivity index (χ0n) is 16.1. The van der Waals surface area contributed by atoms with E-state index < -0.39 is 0 Å². The molecule has 0 spiro atoms. The van der Waals surface area contributed by atoms with E-state index in [-0.39, 0.29) is 11.3 Å². The monoisotopic (exact) mass is 381 g/mol. The second-order valence-electron chi connectivity index (χ2n) is 7.75. The quantitative estimate of drug-likeness (QED) is 0.653. The van der Waals surface area contributed by atoms with Crippen LogP contribution in [0.25, 0.3) is 0 Å². The standard InChI is InChI=1S/C22H24ClN3O/c1-15-8-7-9-16(12-15)14-26-19(13-20(25-26)22(2,3)4)21(27)24-18-11-6-5-10-17(18)23/h5-13H,14H2,1-4H3,(H,24,27). The number of nitrogens with one attached hydrogen (secondary N) is 1. The van der Waals surface area contributed by atoms with Gasteiger partial charge in [-0.3, -0.25) is 9.48 Å². The second-order valence-corrected chi connectivity index (χ2v) is 8.15. The van der Waals surface area contributed by atoms with E-state index in [1.54, 1.807) is 16.8 Å². The molecule has 1 aromatic heterocycles. The van der Waals surface area contributed by atoms with Gasteiger partial charge in [-0.25, -0.2) is 0 Å². The summed E-state index contributed by atoms with van der Waals surface area (Å²) in [5, 5.41) is 8.12. The second kappa shape index (κ2) is 7.57. The molecule has 1 heterocycles. The average Bonchev–Trinajstić information content (AvgIpc) is 3.01. The van der Waals surface area contributed by atoms with Gasteiger partial charge in [0.1, 0.15) is 5.69 Å². The van der Waals surface area contributed by atoms with Gasteiger partial charge < -0.3 is 5.32 Å². The Labute approximate surface area is 165 Å². The lowest BCUT2D eigenvalue weighted by Gasteiger charge is -2.14. The molecule has 0 atom stereocenters. The van der Waals surface area contributed by atoms with Gasteiger partial charge in [0.25, 0.3) is 5.91 Å². The first-order chi connectivity index (χ1) is 12.7. The van der Waals surface area contributed by atoms with Crippen LogP contribution in [0.4, 0.5) is 5.69 Å². The molecule has 0 unspecified atom stereocenters. The number of benzene rings is 2. The fourth-order valence-electron chi connectivity index (χ4n) is 2.82. The lowest BCUT2D eigenvalue weighted by Crippen LogP contribution is -2.18. The van der Waals surface area contributed by atoms with Crippen molar-refractivity contribution in [2.45, 2.75) is 39.7 Å². The molecule has 0 aliphatic rings. The summed E-state index contributed by atoms with van der Waals surface area (Å²) in [6.45, 7) is 8.84. The molecular formula is C22H24ClN3O. The maximum atomic E-state index is 13.0. The largest absolute Gasteiger partial charge is 0.319 e. The molecule has 0 aliphatic carbocycles. The Balaban J connectivity index is 1.96. The third-order valence-corrected chi connectivity index (χ3v) is 4.65. The molecule has 3 aromatic rings. The van der Waals surface area contributed by atoms with E-state index in [4.69, 9.17) is 16.7 Å². The third-order valence-electron chi connectivity index (χ3n) is 4.32. The van der Waals surface area contributed by atoms with Crippen LogP contribution in [0.2, 0.25) is 5.02 Å². The highest BCUT2D eigenvalue weighted by atomic mass is 35.5. The first-order valence-electron chi connectivity index (χ1n) is 8.94. The number of aryl methyl sites for hydroxylation is 1. The molecule has 2 aromatic carbocycles. The highest BCUT2D eigenvalue weighted by Gasteiger charge is 2.23. The fourth-order valence-corrected chi connectivity index (χ4v) is 3.00. The Morgan fingerprint density at radius 2 is 1.85 bits per heavy atom. The van der Waals surface area contributed by atoms with Crippen LogP contribution in [0.3, 0.4) is 0 Å². The van der Waals surface area contributed by atoms with Crippen molar-refractivity contribution in [3.8, 4) is 0 Å². The molecule has 3 rings (SSSR count). The summed E-state index contributed by atoms with van der Waals surface area (Å²) in [6, 6.07) is 17.3. The Kier molecular flexibility index (Phi) is 5.38. The number of halogens is 1. The molecule has 140 valence electrons. The summed E-state index contributed by atoms with van der Waals surface area (Å²) in [5.74, 6) is -0.223. The number of para-hydroxylation sites is 1. The zero-order valence-corrected chi connectivity index (χ0v) is 16.8. The normalized spacial score (nSPS) is 11.4. The average molecular weight is 382 g/mol. The van der Waals surface area contributed by atoms with E-state index in [0.29, 0.717) is 22.9 Å². The first kappa shape index (κ1) is 19.2. The van der Waals surface area contributed by atoms with Crippen molar-refractivity contribution in [3.05, 3.63) is 82.1 Å². The number of anilines is 1. The molecule has 0 bridgehead atoms. The molecule has 1 amide bonds. The number of carbonyl (C=O) groups is 1. The SMILES string of the molecule is Cc1cccc(Cn2nc(C(C)(C)C)cc2C(=O)Nc2ccccc2Cl)c1. The van der Waals surface area contributed by atoms with E-state index in [0.717, 1.165) is 11.3 Å². The highest BCUT2D eigenvalue weighted by Crippen LogP contribution is 2.25. The summed E-state index contributed by atoms with van der Waals surface area (Å²) in [5.41, 5.74) is 4.10. The summed E-state index contributed by atoms with van der Waals surface area (Å²) in [7, 11) is 0. The van der Waals surface area contributed by atoms with Crippen LogP contribution in [0.1, 0.15) is 48.1 Å². The maximum absolute atomic E-state index is 13.0. The Hall–Kier alpha value is -2.59. The van der Waals surface area contributed by atoms with E-state index in [2.05, 4.69) is 45.1 Å². The van der Waals surface area contributed by atoms with Gasteiger partial charge in [-0.2, -0.15) is 5.10 Å². The molecule has 0 saturated carbocycles. The smallest absolute Gasteiger partial charge is 0.273 e. The Bertz CT molecular complexity index is 970. The number of hydrogen-bond donors (Lipinski definition) is 1. The summed E-state index contributed by atoms with van der Waals surface area (Å²) in [6.07, 6.45) is 0. The van der Waals surface area contributed by atoms with Gasteiger partial charge in [-0.05, 0) is 30.7 Å². The predicted octanol–water partition coefficient (Wildman–Crippen LogP) is 5.44. The van der Waals surface area contributed by atoms with Gasteiger partial charge in [-0.15, -0.1) is 0 Å². The number of carbonyl (C=O) groups excluding carboxylic acids is 1. The van der Waals surface area contributed by atoms with Crippen molar-refractivity contribution >= 4 is 23.2 Å². The summed E-state index contributed by atoms with van der Waals surface area (Å²) < 4.78 is 1.77.